The van der Waals surface area contributed by atoms with Gasteiger partial charge in [-0.15, -0.1) is 0 Å². The highest BCUT2D eigenvalue weighted by molar-refractivity contribution is 6.10. The Balaban J connectivity index is 1.61. The monoisotopic (exact) mass is 511 g/mol. The van der Waals surface area contributed by atoms with Gasteiger partial charge < -0.3 is 13.9 Å². The molecule has 0 fully saturated rings. The van der Waals surface area contributed by atoms with E-state index in [1.54, 1.807) is 36.3 Å². The lowest BCUT2D eigenvalue weighted by atomic mass is 9.97. The normalized spacial score (nSPS) is 14.7. The first-order valence-corrected chi connectivity index (χ1v) is 13.4. The molecule has 6 nitrogen and oxygen atoms in total. The summed E-state index contributed by atoms with van der Waals surface area (Å²) >= 11 is 0. The van der Waals surface area contributed by atoms with Crippen molar-refractivity contribution in [3.05, 3.63) is 99.4 Å². The van der Waals surface area contributed by atoms with Gasteiger partial charge in [0.1, 0.15) is 5.58 Å². The van der Waals surface area contributed by atoms with E-state index in [4.69, 9.17) is 13.9 Å². The van der Waals surface area contributed by atoms with Crippen molar-refractivity contribution < 1.29 is 18.7 Å². The minimum atomic E-state index is -0.668. The topological polar surface area (TPSA) is 69.0 Å². The molecule has 196 valence electrons. The summed E-state index contributed by atoms with van der Waals surface area (Å²) in [6, 6.07) is 19.8. The van der Waals surface area contributed by atoms with Crippen molar-refractivity contribution in [2.45, 2.75) is 52.0 Å². The maximum atomic E-state index is 13.8. The number of hydrogen-bond donors (Lipinski definition) is 0. The fraction of sp³-hybridized carbons (Fsp3) is 0.312. The van der Waals surface area contributed by atoms with E-state index in [1.165, 1.54) is 12.8 Å². The zero-order valence-electron chi connectivity index (χ0n) is 22.2. The highest BCUT2D eigenvalue weighted by Crippen LogP contribution is 2.43. The van der Waals surface area contributed by atoms with Crippen molar-refractivity contribution in [1.82, 2.24) is 0 Å². The van der Waals surface area contributed by atoms with Gasteiger partial charge in [0.15, 0.2) is 16.9 Å². The number of benzene rings is 3. The number of methoxy groups -OCH3 is 1. The van der Waals surface area contributed by atoms with Gasteiger partial charge in [-0.05, 0) is 60.4 Å². The van der Waals surface area contributed by atoms with E-state index < -0.39 is 6.04 Å². The zero-order valence-corrected chi connectivity index (χ0v) is 22.2. The summed E-state index contributed by atoms with van der Waals surface area (Å²) in [5.74, 6) is 0.938. The molecule has 1 aliphatic rings. The van der Waals surface area contributed by atoms with Crippen LogP contribution in [0, 0.1) is 0 Å². The fourth-order valence-corrected chi connectivity index (χ4v) is 5.08. The molecule has 1 amide bonds. The van der Waals surface area contributed by atoms with Crippen molar-refractivity contribution in [2.24, 2.45) is 0 Å². The summed E-state index contributed by atoms with van der Waals surface area (Å²) in [5, 5.41) is 0.450. The molecule has 0 bridgehead atoms. The van der Waals surface area contributed by atoms with Crippen molar-refractivity contribution in [1.29, 1.82) is 0 Å². The Morgan fingerprint density at radius 3 is 2.42 bits per heavy atom. The van der Waals surface area contributed by atoms with Crippen molar-refractivity contribution in [3.63, 3.8) is 0 Å². The predicted molar refractivity (Wildman–Crippen MR) is 150 cm³/mol. The lowest BCUT2D eigenvalue weighted by molar-refractivity contribution is 0.0971. The van der Waals surface area contributed by atoms with Gasteiger partial charge in [0, 0.05) is 5.69 Å². The molecule has 1 atom stereocenters. The second kappa shape index (κ2) is 11.1. The van der Waals surface area contributed by atoms with Gasteiger partial charge >= 0.3 is 0 Å². The van der Waals surface area contributed by atoms with Gasteiger partial charge in [-0.2, -0.15) is 0 Å². The van der Waals surface area contributed by atoms with Crippen LogP contribution in [0.2, 0.25) is 0 Å². The van der Waals surface area contributed by atoms with Crippen LogP contribution in [-0.4, -0.2) is 19.6 Å². The van der Waals surface area contributed by atoms with E-state index in [1.807, 2.05) is 42.5 Å². The largest absolute Gasteiger partial charge is 0.493 e. The van der Waals surface area contributed by atoms with Crippen LogP contribution in [0.1, 0.15) is 72.8 Å². The molecule has 3 aromatic carbocycles. The molecule has 6 heteroatoms. The molecule has 2 heterocycles. The third kappa shape index (κ3) is 4.67. The summed E-state index contributed by atoms with van der Waals surface area (Å²) in [5.41, 5.74) is 3.13. The van der Waals surface area contributed by atoms with Gasteiger partial charge in [0.05, 0.1) is 30.7 Å². The Morgan fingerprint density at radius 2 is 1.68 bits per heavy atom. The molecule has 5 rings (SSSR count). The number of amides is 1. The van der Waals surface area contributed by atoms with Crippen LogP contribution in [0.25, 0.3) is 11.0 Å². The number of carbonyl (C=O) groups is 1. The number of hydrogen-bond acceptors (Lipinski definition) is 5. The lowest BCUT2D eigenvalue weighted by Crippen LogP contribution is -2.29. The number of para-hydroxylation sites is 1. The summed E-state index contributed by atoms with van der Waals surface area (Å²) in [4.78, 5) is 29.2. The minimum absolute atomic E-state index is 0.0773. The van der Waals surface area contributed by atoms with E-state index in [0.29, 0.717) is 40.3 Å². The second-order valence-electron chi connectivity index (χ2n) is 9.59. The van der Waals surface area contributed by atoms with Crippen molar-refractivity contribution >= 4 is 22.6 Å². The molecule has 4 aromatic rings. The predicted octanol–water partition coefficient (Wildman–Crippen LogP) is 7.07. The number of unbranched alkanes of at least 4 members (excludes halogenated alkanes) is 3. The number of rotatable bonds is 10. The maximum Gasteiger partial charge on any atom is 0.295 e. The third-order valence-electron chi connectivity index (χ3n) is 7.16. The first kappa shape index (κ1) is 25.6. The number of ether oxygens (including phenoxy) is 2. The lowest BCUT2D eigenvalue weighted by Gasteiger charge is -2.26. The van der Waals surface area contributed by atoms with Crippen molar-refractivity contribution in [2.75, 3.05) is 18.6 Å². The number of fused-ring (bicyclic) bond motifs is 2. The number of nitrogens with zero attached hydrogens (tertiary/aromatic N) is 1. The van der Waals surface area contributed by atoms with E-state index in [-0.39, 0.29) is 17.1 Å². The average Bonchev–Trinajstić information content (AvgIpc) is 3.25. The van der Waals surface area contributed by atoms with E-state index in [0.717, 1.165) is 30.4 Å². The molecule has 1 unspecified atom stereocenters. The summed E-state index contributed by atoms with van der Waals surface area (Å²) in [6.45, 7) is 4.87. The molecule has 0 saturated heterocycles. The van der Waals surface area contributed by atoms with Crippen LogP contribution in [0.15, 0.2) is 75.9 Å². The quantitative estimate of drug-likeness (QED) is 0.213. The Hall–Kier alpha value is -4.06. The standard InChI is InChI=1S/C32H33NO5/c1-4-6-7-10-19-37-26-18-15-22(20-27(26)36-3)29-28-30(34)24-11-8-9-12-25(24)38-31(28)32(35)33(29)23-16-13-21(5-2)14-17-23/h8-9,11-18,20,29H,4-7,10,19H2,1-3H3. The average molecular weight is 512 g/mol. The highest BCUT2D eigenvalue weighted by Gasteiger charge is 2.43. The van der Waals surface area contributed by atoms with Crippen LogP contribution >= 0.6 is 0 Å². The molecule has 0 aliphatic carbocycles. The Morgan fingerprint density at radius 1 is 0.895 bits per heavy atom. The molecule has 1 aliphatic heterocycles. The Bertz CT molecular complexity index is 1510. The van der Waals surface area contributed by atoms with Gasteiger partial charge in [-0.25, -0.2) is 0 Å². The second-order valence-corrected chi connectivity index (χ2v) is 9.59. The first-order valence-electron chi connectivity index (χ1n) is 13.4. The molecular weight excluding hydrogens is 478 g/mol. The molecule has 0 spiro atoms. The van der Waals surface area contributed by atoms with E-state index in [9.17, 15) is 9.59 Å². The number of carbonyl (C=O) groups excluding carboxylic acids is 1. The van der Waals surface area contributed by atoms with Gasteiger partial charge in [-0.3, -0.25) is 14.5 Å². The molecule has 0 radical (unpaired) electrons. The maximum absolute atomic E-state index is 13.8. The molecular formula is C32H33NO5. The van der Waals surface area contributed by atoms with Crippen LogP contribution in [0.3, 0.4) is 0 Å². The van der Waals surface area contributed by atoms with Crippen LogP contribution in [0.5, 0.6) is 11.5 Å². The summed E-state index contributed by atoms with van der Waals surface area (Å²) in [6.07, 6.45) is 5.33. The van der Waals surface area contributed by atoms with Crippen LogP contribution in [0.4, 0.5) is 5.69 Å². The summed E-state index contributed by atoms with van der Waals surface area (Å²) in [7, 11) is 1.60. The molecule has 1 aromatic heterocycles. The van der Waals surface area contributed by atoms with Gasteiger partial charge in [0.25, 0.3) is 5.91 Å². The van der Waals surface area contributed by atoms with Crippen LogP contribution < -0.4 is 19.8 Å². The van der Waals surface area contributed by atoms with E-state index >= 15 is 0 Å². The van der Waals surface area contributed by atoms with Crippen molar-refractivity contribution in [3.8, 4) is 11.5 Å². The van der Waals surface area contributed by atoms with E-state index in [2.05, 4.69) is 13.8 Å². The van der Waals surface area contributed by atoms with Gasteiger partial charge in [0.2, 0.25) is 5.76 Å². The minimum Gasteiger partial charge on any atom is -0.493 e. The van der Waals surface area contributed by atoms with Crippen LogP contribution in [-0.2, 0) is 6.42 Å². The fourth-order valence-electron chi connectivity index (χ4n) is 5.08. The SMILES string of the molecule is CCCCCCOc1ccc(C2c3c(oc4ccccc4c3=O)C(=O)N2c2ccc(CC)cc2)cc1OC. The number of aryl methyl sites for hydroxylation is 1. The molecule has 0 N–H and O–H groups in total. The van der Waals surface area contributed by atoms with Gasteiger partial charge in [-0.1, -0.05) is 63.4 Å². The zero-order chi connectivity index (χ0) is 26.6. The first-order chi connectivity index (χ1) is 18.6. The Labute approximate surface area is 222 Å². The Kier molecular flexibility index (Phi) is 7.50. The third-order valence-corrected chi connectivity index (χ3v) is 7.16. The molecule has 0 saturated carbocycles. The smallest absolute Gasteiger partial charge is 0.295 e. The summed E-state index contributed by atoms with van der Waals surface area (Å²) < 4.78 is 17.8. The number of anilines is 1. The highest BCUT2D eigenvalue weighted by atomic mass is 16.5. The molecule has 38 heavy (non-hydrogen) atoms.